The van der Waals surface area contributed by atoms with Gasteiger partial charge in [-0.25, -0.2) is 0 Å². The van der Waals surface area contributed by atoms with Gasteiger partial charge in [-0.15, -0.1) is 0 Å². The van der Waals surface area contributed by atoms with Gasteiger partial charge in [-0.05, 0) is 24.1 Å². The van der Waals surface area contributed by atoms with Crippen molar-refractivity contribution in [1.29, 1.82) is 0 Å². The van der Waals surface area contributed by atoms with Gasteiger partial charge >= 0.3 is 0 Å². The van der Waals surface area contributed by atoms with Crippen molar-refractivity contribution in [1.82, 2.24) is 10.6 Å². The van der Waals surface area contributed by atoms with Crippen molar-refractivity contribution in [2.75, 3.05) is 0 Å². The quantitative estimate of drug-likeness (QED) is 0.526. The predicted octanol–water partition coefficient (Wildman–Crippen LogP) is 0.794. The van der Waals surface area contributed by atoms with Crippen LogP contribution in [0.5, 0.6) is 0 Å². The predicted molar refractivity (Wildman–Crippen MR) is 67.7 cm³/mol. The first-order valence-corrected chi connectivity index (χ1v) is 5.08. The van der Waals surface area contributed by atoms with E-state index in [-0.39, 0.29) is 6.29 Å². The van der Waals surface area contributed by atoms with E-state index in [4.69, 9.17) is 11.5 Å². The maximum Gasteiger partial charge on any atom is 0.150 e. The topological polar surface area (TPSA) is 76.1 Å². The number of hydrogen-bond donors (Lipinski definition) is 4. The van der Waals surface area contributed by atoms with Crippen LogP contribution in [0.25, 0.3) is 0 Å². The standard InChI is InChI=1S/C12H18N4/c1-3-9(10(4-2)7-13)5-6-11-8-15-12(14)16-11/h3-8,12,15-16H,2,13-14H2,1H3/b6-5-,9-3+,10-7+. The lowest BCUT2D eigenvalue weighted by molar-refractivity contribution is 0.589. The molecule has 0 saturated heterocycles. The van der Waals surface area contributed by atoms with Crippen molar-refractivity contribution < 1.29 is 0 Å². The van der Waals surface area contributed by atoms with Gasteiger partial charge < -0.3 is 16.4 Å². The highest BCUT2D eigenvalue weighted by Crippen LogP contribution is 2.12. The number of hydrogen-bond acceptors (Lipinski definition) is 4. The molecular formula is C12H18N4. The van der Waals surface area contributed by atoms with Crippen LogP contribution in [0.4, 0.5) is 0 Å². The maximum absolute atomic E-state index is 5.61. The van der Waals surface area contributed by atoms with Crippen molar-refractivity contribution in [3.8, 4) is 0 Å². The molecule has 1 aliphatic rings. The van der Waals surface area contributed by atoms with Gasteiger partial charge in [0.2, 0.25) is 0 Å². The Labute approximate surface area is 96.1 Å². The molecule has 0 amide bonds. The van der Waals surface area contributed by atoms with Crippen LogP contribution in [0.15, 0.2) is 60.1 Å². The number of allylic oxidation sites excluding steroid dienone is 6. The SMILES string of the molecule is C=CC(=C\N)/C(/C=C\C1=CNC(N)N1)=C/C. The van der Waals surface area contributed by atoms with E-state index in [0.717, 1.165) is 16.8 Å². The average molecular weight is 218 g/mol. The third-order valence-electron chi connectivity index (χ3n) is 2.23. The van der Waals surface area contributed by atoms with E-state index >= 15 is 0 Å². The fourth-order valence-corrected chi connectivity index (χ4v) is 1.36. The van der Waals surface area contributed by atoms with Crippen LogP contribution in [0, 0.1) is 0 Å². The third-order valence-corrected chi connectivity index (χ3v) is 2.23. The summed E-state index contributed by atoms with van der Waals surface area (Å²) in [5.41, 5.74) is 14.0. The highest BCUT2D eigenvalue weighted by molar-refractivity contribution is 5.46. The van der Waals surface area contributed by atoms with E-state index in [9.17, 15) is 0 Å². The second kappa shape index (κ2) is 5.82. The van der Waals surface area contributed by atoms with E-state index in [1.165, 1.54) is 6.20 Å². The Hall–Kier alpha value is -1.94. The summed E-state index contributed by atoms with van der Waals surface area (Å²) in [5, 5.41) is 5.99. The van der Waals surface area contributed by atoms with Crippen molar-refractivity contribution >= 4 is 0 Å². The smallest absolute Gasteiger partial charge is 0.150 e. The van der Waals surface area contributed by atoms with Crippen LogP contribution in [0.3, 0.4) is 0 Å². The zero-order chi connectivity index (χ0) is 12.0. The van der Waals surface area contributed by atoms with Gasteiger partial charge in [0.05, 0.1) is 5.70 Å². The number of rotatable bonds is 4. The summed E-state index contributed by atoms with van der Waals surface area (Å²) in [5.74, 6) is 0. The van der Waals surface area contributed by atoms with Gasteiger partial charge in [0.15, 0.2) is 0 Å². The van der Waals surface area contributed by atoms with Gasteiger partial charge in [0, 0.05) is 12.4 Å². The molecular weight excluding hydrogens is 200 g/mol. The van der Waals surface area contributed by atoms with Gasteiger partial charge in [0.1, 0.15) is 6.29 Å². The first-order valence-electron chi connectivity index (χ1n) is 5.08. The molecule has 1 heterocycles. The molecule has 0 saturated carbocycles. The highest BCUT2D eigenvalue weighted by atomic mass is 15.3. The summed E-state index contributed by atoms with van der Waals surface area (Å²) in [6.07, 6.45) is 10.7. The first-order chi connectivity index (χ1) is 7.71. The second-order valence-corrected chi connectivity index (χ2v) is 3.29. The molecule has 1 atom stereocenters. The summed E-state index contributed by atoms with van der Waals surface area (Å²) in [4.78, 5) is 0. The zero-order valence-corrected chi connectivity index (χ0v) is 9.40. The Morgan fingerprint density at radius 3 is 2.69 bits per heavy atom. The monoisotopic (exact) mass is 218 g/mol. The lowest BCUT2D eigenvalue weighted by Gasteiger charge is -2.05. The lowest BCUT2D eigenvalue weighted by Crippen LogP contribution is -2.40. The molecule has 0 aromatic carbocycles. The van der Waals surface area contributed by atoms with Crippen LogP contribution in [0.2, 0.25) is 0 Å². The van der Waals surface area contributed by atoms with E-state index in [1.807, 2.05) is 31.4 Å². The molecule has 16 heavy (non-hydrogen) atoms. The maximum atomic E-state index is 5.61. The zero-order valence-electron chi connectivity index (χ0n) is 9.40. The summed E-state index contributed by atoms with van der Waals surface area (Å²) in [6.45, 7) is 5.66. The van der Waals surface area contributed by atoms with Crippen LogP contribution in [-0.2, 0) is 0 Å². The molecule has 0 aliphatic carbocycles. The lowest BCUT2D eigenvalue weighted by atomic mass is 10.1. The molecule has 1 rings (SSSR count). The van der Waals surface area contributed by atoms with Crippen LogP contribution < -0.4 is 22.1 Å². The normalized spacial score (nSPS) is 21.6. The minimum Gasteiger partial charge on any atom is -0.404 e. The molecule has 1 aliphatic heterocycles. The fourth-order valence-electron chi connectivity index (χ4n) is 1.36. The molecule has 0 spiro atoms. The minimum atomic E-state index is -0.211. The number of nitrogens with two attached hydrogens (primary N) is 2. The average Bonchev–Trinajstić information content (AvgIpc) is 2.70. The molecule has 4 nitrogen and oxygen atoms in total. The highest BCUT2D eigenvalue weighted by Gasteiger charge is 2.06. The molecule has 0 aromatic rings. The van der Waals surface area contributed by atoms with E-state index in [0.29, 0.717) is 0 Å². The Bertz CT molecular complexity index is 374. The van der Waals surface area contributed by atoms with Crippen molar-refractivity contribution in [2.24, 2.45) is 11.5 Å². The summed E-state index contributed by atoms with van der Waals surface area (Å²) in [6, 6.07) is 0. The van der Waals surface area contributed by atoms with Crippen LogP contribution >= 0.6 is 0 Å². The molecule has 0 aromatic heterocycles. The first kappa shape index (κ1) is 12.1. The fraction of sp³-hybridized carbons (Fsp3) is 0.167. The van der Waals surface area contributed by atoms with E-state index in [1.54, 1.807) is 6.08 Å². The van der Waals surface area contributed by atoms with Crippen LogP contribution in [-0.4, -0.2) is 6.29 Å². The summed E-state index contributed by atoms with van der Waals surface area (Å²) < 4.78 is 0. The van der Waals surface area contributed by atoms with Gasteiger partial charge in [-0.2, -0.15) is 0 Å². The Balaban J connectivity index is 2.72. The number of nitrogens with one attached hydrogen (secondary N) is 2. The molecule has 86 valence electrons. The second-order valence-electron chi connectivity index (χ2n) is 3.29. The minimum absolute atomic E-state index is 0.211. The van der Waals surface area contributed by atoms with Gasteiger partial charge in [-0.1, -0.05) is 24.8 Å². The van der Waals surface area contributed by atoms with E-state index < -0.39 is 0 Å². The largest absolute Gasteiger partial charge is 0.404 e. The van der Waals surface area contributed by atoms with E-state index in [2.05, 4.69) is 17.2 Å². The van der Waals surface area contributed by atoms with Gasteiger partial charge in [0.25, 0.3) is 0 Å². The van der Waals surface area contributed by atoms with Crippen molar-refractivity contribution in [2.45, 2.75) is 13.2 Å². The summed E-state index contributed by atoms with van der Waals surface area (Å²) >= 11 is 0. The Kier molecular flexibility index (Phi) is 4.42. The molecule has 0 fully saturated rings. The third kappa shape index (κ3) is 3.03. The van der Waals surface area contributed by atoms with Gasteiger partial charge in [-0.3, -0.25) is 5.73 Å². The Morgan fingerprint density at radius 2 is 2.25 bits per heavy atom. The Morgan fingerprint density at radius 1 is 1.50 bits per heavy atom. The molecule has 4 heteroatoms. The summed E-state index contributed by atoms with van der Waals surface area (Å²) in [7, 11) is 0. The van der Waals surface area contributed by atoms with Crippen molar-refractivity contribution in [3.05, 3.63) is 60.1 Å². The molecule has 1 unspecified atom stereocenters. The molecule has 6 N–H and O–H groups in total. The molecule has 0 radical (unpaired) electrons. The van der Waals surface area contributed by atoms with Crippen LogP contribution in [0.1, 0.15) is 6.92 Å². The van der Waals surface area contributed by atoms with Crippen molar-refractivity contribution in [3.63, 3.8) is 0 Å². The molecule has 0 bridgehead atoms.